The van der Waals surface area contributed by atoms with Gasteiger partial charge in [0.05, 0.1) is 6.61 Å². The van der Waals surface area contributed by atoms with Crippen molar-refractivity contribution in [2.75, 3.05) is 0 Å². The topological polar surface area (TPSA) is 27.7 Å². The predicted molar refractivity (Wildman–Crippen MR) is 144 cm³/mol. The van der Waals surface area contributed by atoms with Crippen molar-refractivity contribution in [3.05, 3.63) is 145 Å². The molecule has 0 bridgehead atoms. The second kappa shape index (κ2) is 11.3. The molecule has 0 radical (unpaired) electrons. The third-order valence-electron chi connectivity index (χ3n) is 5.60. The zero-order valence-electron chi connectivity index (χ0n) is 19.3. The number of benzene rings is 5. The first kappa shape index (κ1) is 22.7. The Balaban J connectivity index is 1.54. The molecule has 35 heavy (non-hydrogen) atoms. The van der Waals surface area contributed by atoms with E-state index in [0.717, 1.165) is 38.9 Å². The lowest BCUT2D eigenvalue weighted by Gasteiger charge is -2.22. The van der Waals surface area contributed by atoms with Crippen LogP contribution < -0.4 is 19.8 Å². The van der Waals surface area contributed by atoms with Crippen molar-refractivity contribution in [2.24, 2.45) is 0 Å². The quantitative estimate of drug-likeness (QED) is 0.234. The molecule has 172 valence electrons. The van der Waals surface area contributed by atoms with Crippen molar-refractivity contribution in [1.82, 2.24) is 0 Å². The summed E-state index contributed by atoms with van der Waals surface area (Å²) in [6, 6.07) is 46.3. The Morgan fingerprint density at radius 2 is 0.829 bits per heavy atom. The SMILES string of the molecule is c1ccc(CO[SiH](c2ccccc2Oc2ccccc2)c2ccccc2Oc2ccccc2)cc1. The minimum absolute atomic E-state index is 0.511. The van der Waals surface area contributed by atoms with Gasteiger partial charge < -0.3 is 13.9 Å². The fourth-order valence-corrected chi connectivity index (χ4v) is 6.36. The molecule has 0 aliphatic rings. The molecule has 5 aromatic carbocycles. The summed E-state index contributed by atoms with van der Waals surface area (Å²) < 4.78 is 19.4. The van der Waals surface area contributed by atoms with Crippen LogP contribution in [0.2, 0.25) is 0 Å². The Morgan fingerprint density at radius 1 is 0.429 bits per heavy atom. The van der Waals surface area contributed by atoms with Crippen molar-refractivity contribution >= 4 is 19.4 Å². The van der Waals surface area contributed by atoms with Crippen molar-refractivity contribution in [3.63, 3.8) is 0 Å². The summed E-state index contributed by atoms with van der Waals surface area (Å²) in [5.41, 5.74) is 1.13. The lowest BCUT2D eigenvalue weighted by molar-refractivity contribution is 0.320. The first-order chi connectivity index (χ1) is 17.4. The van der Waals surface area contributed by atoms with Gasteiger partial charge in [-0.3, -0.25) is 0 Å². The Hall–Kier alpha value is -4.12. The number of ether oxygens (including phenoxy) is 2. The second-order valence-corrected chi connectivity index (χ2v) is 10.4. The van der Waals surface area contributed by atoms with E-state index in [1.54, 1.807) is 0 Å². The minimum atomic E-state index is -2.23. The molecule has 0 amide bonds. The maximum Gasteiger partial charge on any atom is 0.247 e. The smallest absolute Gasteiger partial charge is 0.247 e. The van der Waals surface area contributed by atoms with Gasteiger partial charge in [-0.15, -0.1) is 0 Å². The largest absolute Gasteiger partial charge is 0.457 e. The van der Waals surface area contributed by atoms with Crippen LogP contribution in [-0.4, -0.2) is 9.04 Å². The highest BCUT2D eigenvalue weighted by Crippen LogP contribution is 2.23. The van der Waals surface area contributed by atoms with E-state index in [0.29, 0.717) is 6.61 Å². The van der Waals surface area contributed by atoms with Gasteiger partial charge in [-0.1, -0.05) is 103 Å². The molecule has 0 aliphatic heterocycles. The summed E-state index contributed by atoms with van der Waals surface area (Å²) in [5.74, 6) is 3.20. The normalized spacial score (nSPS) is 10.8. The first-order valence-corrected chi connectivity index (χ1v) is 13.3. The standard InChI is InChI=1S/C31H26O3Si/c1-4-14-25(15-5-1)24-32-35(30-22-12-10-20-28(30)33-26-16-6-2-7-17-26)31-23-13-11-21-29(31)34-27-18-8-3-9-19-27/h1-23,35H,24H2. The van der Waals surface area contributed by atoms with Gasteiger partial charge in [-0.2, -0.15) is 0 Å². The number of hydrogen-bond acceptors (Lipinski definition) is 3. The van der Waals surface area contributed by atoms with E-state index >= 15 is 0 Å². The van der Waals surface area contributed by atoms with Gasteiger partial charge >= 0.3 is 0 Å². The summed E-state index contributed by atoms with van der Waals surface area (Å²) in [4.78, 5) is 0. The Kier molecular flexibility index (Phi) is 7.34. The molecule has 0 unspecified atom stereocenters. The molecule has 0 heterocycles. The van der Waals surface area contributed by atoms with E-state index < -0.39 is 9.04 Å². The van der Waals surface area contributed by atoms with Crippen LogP contribution in [0.1, 0.15) is 5.56 Å². The third kappa shape index (κ3) is 5.87. The zero-order chi connectivity index (χ0) is 23.7. The monoisotopic (exact) mass is 474 g/mol. The molecular weight excluding hydrogens is 448 g/mol. The van der Waals surface area contributed by atoms with Crippen LogP contribution in [0.3, 0.4) is 0 Å². The van der Waals surface area contributed by atoms with Crippen molar-refractivity contribution < 1.29 is 13.9 Å². The fraction of sp³-hybridized carbons (Fsp3) is 0.0323. The van der Waals surface area contributed by atoms with Gasteiger partial charge in [0.1, 0.15) is 23.0 Å². The molecule has 0 saturated heterocycles. The van der Waals surface area contributed by atoms with Crippen LogP contribution in [0.15, 0.2) is 140 Å². The van der Waals surface area contributed by atoms with Crippen molar-refractivity contribution in [1.29, 1.82) is 0 Å². The molecule has 0 spiro atoms. The zero-order valence-corrected chi connectivity index (χ0v) is 20.4. The van der Waals surface area contributed by atoms with Gasteiger partial charge in [-0.05, 0) is 42.0 Å². The molecule has 0 saturated carbocycles. The number of hydrogen-bond donors (Lipinski definition) is 0. The summed E-state index contributed by atoms with van der Waals surface area (Å²) in [6.45, 7) is 0.511. The lowest BCUT2D eigenvalue weighted by atomic mass is 10.2. The van der Waals surface area contributed by atoms with E-state index in [4.69, 9.17) is 13.9 Å². The Bertz CT molecular complexity index is 1260. The van der Waals surface area contributed by atoms with Crippen LogP contribution in [0, 0.1) is 0 Å². The van der Waals surface area contributed by atoms with E-state index in [2.05, 4.69) is 24.3 Å². The maximum atomic E-state index is 6.74. The minimum Gasteiger partial charge on any atom is -0.457 e. The molecule has 5 aromatic rings. The highest BCUT2D eigenvalue weighted by molar-refractivity contribution is 6.81. The summed E-state index contributed by atoms with van der Waals surface area (Å²) in [7, 11) is -2.23. The highest BCUT2D eigenvalue weighted by Gasteiger charge is 2.26. The van der Waals surface area contributed by atoms with Gasteiger partial charge in [0.25, 0.3) is 0 Å². The highest BCUT2D eigenvalue weighted by atomic mass is 28.3. The average molecular weight is 475 g/mol. The third-order valence-corrected chi connectivity index (χ3v) is 8.19. The van der Waals surface area contributed by atoms with E-state index in [-0.39, 0.29) is 0 Å². The Morgan fingerprint density at radius 3 is 1.31 bits per heavy atom. The summed E-state index contributed by atoms with van der Waals surface area (Å²) in [5, 5.41) is 2.13. The number of rotatable bonds is 9. The van der Waals surface area contributed by atoms with Gasteiger partial charge in [-0.25, -0.2) is 0 Å². The predicted octanol–water partition coefficient (Wildman–Crippen LogP) is 6.33. The summed E-state index contributed by atoms with van der Waals surface area (Å²) >= 11 is 0. The van der Waals surface area contributed by atoms with Crippen LogP contribution in [0.5, 0.6) is 23.0 Å². The summed E-state index contributed by atoms with van der Waals surface area (Å²) in [6.07, 6.45) is 0. The molecule has 0 atom stereocenters. The molecule has 0 aromatic heterocycles. The van der Waals surface area contributed by atoms with Crippen LogP contribution in [0.4, 0.5) is 0 Å². The van der Waals surface area contributed by atoms with Crippen molar-refractivity contribution in [2.45, 2.75) is 6.61 Å². The molecule has 5 rings (SSSR count). The van der Waals surface area contributed by atoms with E-state index in [1.807, 2.05) is 115 Å². The number of para-hydroxylation sites is 4. The fourth-order valence-electron chi connectivity index (χ4n) is 3.91. The molecule has 0 aliphatic carbocycles. The molecule has 0 fully saturated rings. The molecule has 0 N–H and O–H groups in total. The molecule has 3 nitrogen and oxygen atoms in total. The maximum absolute atomic E-state index is 6.74. The van der Waals surface area contributed by atoms with Crippen LogP contribution >= 0.6 is 0 Å². The van der Waals surface area contributed by atoms with Crippen molar-refractivity contribution in [3.8, 4) is 23.0 Å². The van der Waals surface area contributed by atoms with Gasteiger partial charge in [0.15, 0.2) is 0 Å². The molecular formula is C31H26O3Si. The van der Waals surface area contributed by atoms with E-state index in [1.165, 1.54) is 0 Å². The Labute approximate surface area is 207 Å². The molecule has 4 heteroatoms. The van der Waals surface area contributed by atoms with Crippen LogP contribution in [0.25, 0.3) is 0 Å². The van der Waals surface area contributed by atoms with Gasteiger partial charge in [0, 0.05) is 10.4 Å². The first-order valence-electron chi connectivity index (χ1n) is 11.7. The second-order valence-electron chi connectivity index (χ2n) is 8.08. The van der Waals surface area contributed by atoms with Crippen LogP contribution in [-0.2, 0) is 11.0 Å². The lowest BCUT2D eigenvalue weighted by Crippen LogP contribution is -2.46. The van der Waals surface area contributed by atoms with Gasteiger partial charge in [0.2, 0.25) is 9.04 Å². The average Bonchev–Trinajstić information content (AvgIpc) is 2.92. The van der Waals surface area contributed by atoms with E-state index in [9.17, 15) is 0 Å².